The smallest absolute Gasteiger partial charge is 0.309 e. The van der Waals surface area contributed by atoms with Gasteiger partial charge in [-0.15, -0.1) is 0 Å². The minimum Gasteiger partial charge on any atom is -0.481 e. The molecule has 19 heavy (non-hydrogen) atoms. The lowest BCUT2D eigenvalue weighted by Crippen LogP contribution is -2.26. The molecule has 6 heteroatoms. The summed E-state index contributed by atoms with van der Waals surface area (Å²) in [6.07, 6.45) is 3.54. The van der Waals surface area contributed by atoms with Gasteiger partial charge in [0, 0.05) is 25.5 Å². The van der Waals surface area contributed by atoms with Crippen LogP contribution in [0.15, 0.2) is 24.5 Å². The summed E-state index contributed by atoms with van der Waals surface area (Å²) in [4.78, 5) is 16.9. The summed E-state index contributed by atoms with van der Waals surface area (Å²) < 4.78 is 1.81. The number of carbonyl (C=O) groups is 1. The Balaban J connectivity index is 2.31. The molecule has 0 unspecified atom stereocenters. The molecule has 0 saturated heterocycles. The van der Waals surface area contributed by atoms with E-state index in [9.17, 15) is 4.79 Å². The summed E-state index contributed by atoms with van der Waals surface area (Å²) in [6, 6.07) is 3.77. The third-order valence-electron chi connectivity index (χ3n) is 2.93. The molecule has 0 aliphatic heterocycles. The van der Waals surface area contributed by atoms with E-state index < -0.39 is 5.97 Å². The number of fused-ring (bicyclic) bond motifs is 1. The Morgan fingerprint density at radius 2 is 2.21 bits per heavy atom. The molecule has 0 amide bonds. The summed E-state index contributed by atoms with van der Waals surface area (Å²) in [5.41, 5.74) is 2.23. The molecule has 2 aromatic rings. The Labute approximate surface area is 110 Å². The van der Waals surface area contributed by atoms with Crippen molar-refractivity contribution in [1.29, 1.82) is 0 Å². The molecule has 2 aromatic heterocycles. The van der Waals surface area contributed by atoms with Crippen LogP contribution >= 0.6 is 0 Å². The molecule has 0 saturated carbocycles. The Morgan fingerprint density at radius 1 is 1.42 bits per heavy atom. The van der Waals surface area contributed by atoms with Crippen LogP contribution in [0, 0.1) is 0 Å². The van der Waals surface area contributed by atoms with E-state index in [1.807, 2.05) is 34.6 Å². The van der Waals surface area contributed by atoms with Gasteiger partial charge in [0.1, 0.15) is 5.65 Å². The second-order valence-electron chi connectivity index (χ2n) is 4.26. The molecule has 2 heterocycles. The van der Waals surface area contributed by atoms with Crippen molar-refractivity contribution >= 4 is 17.3 Å². The van der Waals surface area contributed by atoms with E-state index in [1.54, 1.807) is 6.20 Å². The van der Waals surface area contributed by atoms with Crippen LogP contribution in [0.3, 0.4) is 0 Å². The van der Waals surface area contributed by atoms with Crippen molar-refractivity contribution < 1.29 is 15.0 Å². The van der Waals surface area contributed by atoms with Gasteiger partial charge in [0.25, 0.3) is 0 Å². The Hall–Kier alpha value is -2.08. The first-order chi connectivity index (χ1) is 9.13. The van der Waals surface area contributed by atoms with Crippen LogP contribution in [0.5, 0.6) is 0 Å². The van der Waals surface area contributed by atoms with Gasteiger partial charge in [-0.05, 0) is 19.1 Å². The maximum Gasteiger partial charge on any atom is 0.309 e. The quantitative estimate of drug-likeness (QED) is 0.805. The van der Waals surface area contributed by atoms with Crippen molar-refractivity contribution in [3.05, 3.63) is 30.2 Å². The van der Waals surface area contributed by atoms with Crippen LogP contribution in [0.1, 0.15) is 12.6 Å². The van der Waals surface area contributed by atoms with Crippen LogP contribution in [0.25, 0.3) is 5.65 Å². The minimum atomic E-state index is -0.890. The van der Waals surface area contributed by atoms with Crippen LogP contribution in [0.2, 0.25) is 0 Å². The van der Waals surface area contributed by atoms with Gasteiger partial charge in [0.15, 0.2) is 0 Å². The SMILES string of the molecule is CCN(CCO)c1ccc2nc(CC(=O)O)cn2c1. The summed E-state index contributed by atoms with van der Waals surface area (Å²) >= 11 is 0. The van der Waals surface area contributed by atoms with Gasteiger partial charge in [0.05, 0.1) is 24.4 Å². The Kier molecular flexibility index (Phi) is 4.01. The lowest BCUT2D eigenvalue weighted by Gasteiger charge is -2.21. The number of pyridine rings is 1. The molecule has 2 N–H and O–H groups in total. The summed E-state index contributed by atoms with van der Waals surface area (Å²) in [5, 5.41) is 17.8. The highest BCUT2D eigenvalue weighted by atomic mass is 16.4. The van der Waals surface area contributed by atoms with Gasteiger partial charge >= 0.3 is 5.97 Å². The number of aliphatic carboxylic acids is 1. The number of rotatable bonds is 6. The van der Waals surface area contributed by atoms with Crippen molar-refractivity contribution in [2.75, 3.05) is 24.6 Å². The molecule has 0 radical (unpaired) electrons. The third kappa shape index (κ3) is 3.03. The number of carboxylic acid groups (broad SMARTS) is 1. The van der Waals surface area contributed by atoms with Crippen LogP contribution in [-0.2, 0) is 11.2 Å². The number of hydrogen-bond acceptors (Lipinski definition) is 4. The molecule has 6 nitrogen and oxygen atoms in total. The fourth-order valence-electron chi connectivity index (χ4n) is 2.05. The number of nitrogens with zero attached hydrogens (tertiary/aromatic N) is 3. The first-order valence-electron chi connectivity index (χ1n) is 6.19. The molecule has 0 bridgehead atoms. The average molecular weight is 263 g/mol. The van der Waals surface area contributed by atoms with Crippen molar-refractivity contribution in [2.45, 2.75) is 13.3 Å². The second-order valence-corrected chi connectivity index (χ2v) is 4.26. The maximum atomic E-state index is 10.7. The normalized spacial score (nSPS) is 10.8. The van der Waals surface area contributed by atoms with E-state index in [-0.39, 0.29) is 13.0 Å². The van der Waals surface area contributed by atoms with Gasteiger partial charge in [-0.25, -0.2) is 4.98 Å². The monoisotopic (exact) mass is 263 g/mol. The van der Waals surface area contributed by atoms with Gasteiger partial charge in [-0.1, -0.05) is 0 Å². The van der Waals surface area contributed by atoms with Gasteiger partial charge in [0.2, 0.25) is 0 Å². The van der Waals surface area contributed by atoms with E-state index in [0.717, 1.165) is 17.9 Å². The van der Waals surface area contributed by atoms with E-state index >= 15 is 0 Å². The number of aliphatic hydroxyl groups excluding tert-OH is 1. The number of aromatic nitrogens is 2. The molecule has 0 aromatic carbocycles. The van der Waals surface area contributed by atoms with E-state index in [0.29, 0.717) is 12.2 Å². The number of imidazole rings is 1. The third-order valence-corrected chi connectivity index (χ3v) is 2.93. The van der Waals surface area contributed by atoms with E-state index in [1.165, 1.54) is 0 Å². The predicted molar refractivity (Wildman–Crippen MR) is 71.5 cm³/mol. The lowest BCUT2D eigenvalue weighted by atomic mass is 10.3. The zero-order valence-corrected chi connectivity index (χ0v) is 10.8. The standard InChI is InChI=1S/C13H17N3O3/c1-2-15(5-6-17)11-3-4-12-14-10(7-13(18)19)8-16(12)9-11/h3-4,8-9,17H,2,5-7H2,1H3,(H,18,19). The molecule has 2 rings (SSSR count). The average Bonchev–Trinajstić information content (AvgIpc) is 2.75. The Bertz CT molecular complexity index is 580. The van der Waals surface area contributed by atoms with Crippen molar-refractivity contribution in [1.82, 2.24) is 9.38 Å². The van der Waals surface area contributed by atoms with Crippen molar-refractivity contribution in [3.8, 4) is 0 Å². The number of likely N-dealkylation sites (N-methyl/N-ethyl adjacent to an activating group) is 1. The second kappa shape index (κ2) is 5.71. The fraction of sp³-hybridized carbons (Fsp3) is 0.385. The van der Waals surface area contributed by atoms with Gasteiger partial charge in [-0.3, -0.25) is 4.79 Å². The molecule has 102 valence electrons. The number of aliphatic hydroxyl groups is 1. The minimum absolute atomic E-state index is 0.0782. The van der Waals surface area contributed by atoms with Crippen LogP contribution < -0.4 is 4.90 Å². The molecule has 0 aliphatic carbocycles. The van der Waals surface area contributed by atoms with Gasteiger partial charge < -0.3 is 19.5 Å². The zero-order chi connectivity index (χ0) is 13.8. The maximum absolute atomic E-state index is 10.7. The fourth-order valence-corrected chi connectivity index (χ4v) is 2.05. The lowest BCUT2D eigenvalue weighted by molar-refractivity contribution is -0.136. The number of carboxylic acids is 1. The first kappa shape index (κ1) is 13.4. The van der Waals surface area contributed by atoms with Crippen LogP contribution in [0.4, 0.5) is 5.69 Å². The zero-order valence-electron chi connectivity index (χ0n) is 10.8. The summed E-state index contributed by atoms with van der Waals surface area (Å²) in [5.74, 6) is -0.890. The molecule has 0 aliphatic rings. The summed E-state index contributed by atoms with van der Waals surface area (Å²) in [6.45, 7) is 3.48. The number of hydrogen-bond donors (Lipinski definition) is 2. The molecule has 0 spiro atoms. The van der Waals surface area contributed by atoms with Crippen molar-refractivity contribution in [2.24, 2.45) is 0 Å². The molecule has 0 fully saturated rings. The highest BCUT2D eigenvalue weighted by molar-refractivity contribution is 5.70. The topological polar surface area (TPSA) is 78.1 Å². The van der Waals surface area contributed by atoms with Gasteiger partial charge in [-0.2, -0.15) is 0 Å². The van der Waals surface area contributed by atoms with Crippen molar-refractivity contribution in [3.63, 3.8) is 0 Å². The largest absolute Gasteiger partial charge is 0.481 e. The molecular weight excluding hydrogens is 246 g/mol. The first-order valence-corrected chi connectivity index (χ1v) is 6.19. The van der Waals surface area contributed by atoms with E-state index in [4.69, 9.17) is 10.2 Å². The summed E-state index contributed by atoms with van der Waals surface area (Å²) in [7, 11) is 0. The highest BCUT2D eigenvalue weighted by Crippen LogP contribution is 2.16. The molecule has 0 atom stereocenters. The number of anilines is 1. The predicted octanol–water partition coefficient (Wildman–Crippen LogP) is 0.780. The Morgan fingerprint density at radius 3 is 2.84 bits per heavy atom. The van der Waals surface area contributed by atoms with Crippen LogP contribution in [-0.4, -0.2) is 45.3 Å². The van der Waals surface area contributed by atoms with E-state index in [2.05, 4.69) is 4.98 Å². The highest BCUT2D eigenvalue weighted by Gasteiger charge is 2.08. The molecular formula is C13H17N3O3.